The van der Waals surface area contributed by atoms with Crippen LogP contribution >= 0.6 is 11.6 Å². The Bertz CT molecular complexity index is 347. The molecule has 0 heterocycles. The van der Waals surface area contributed by atoms with Gasteiger partial charge in [-0.3, -0.25) is 0 Å². The Morgan fingerprint density at radius 2 is 1.75 bits per heavy atom. The lowest BCUT2D eigenvalue weighted by atomic mass is 10.0. The van der Waals surface area contributed by atoms with Crippen molar-refractivity contribution in [2.45, 2.75) is 46.1 Å². The Hall–Kier alpha value is -0.570. The lowest BCUT2D eigenvalue weighted by molar-refractivity contribution is 0.295. The van der Waals surface area contributed by atoms with E-state index in [4.69, 9.17) is 11.6 Å². The van der Waals surface area contributed by atoms with E-state index in [1.165, 1.54) is 31.4 Å². The summed E-state index contributed by atoms with van der Waals surface area (Å²) in [4.78, 5) is 2.47. The van der Waals surface area contributed by atoms with Crippen LogP contribution in [-0.4, -0.2) is 31.1 Å². The third-order valence-corrected chi connectivity index (χ3v) is 4.04. The Morgan fingerprint density at radius 3 is 2.30 bits per heavy atom. The molecule has 0 saturated carbocycles. The van der Waals surface area contributed by atoms with Crippen LogP contribution in [0.2, 0.25) is 5.02 Å². The maximum atomic E-state index is 5.96. The van der Waals surface area contributed by atoms with Gasteiger partial charge >= 0.3 is 0 Å². The minimum absolute atomic E-state index is 0.453. The molecular weight excluding hydrogens is 268 g/mol. The number of rotatable bonds is 10. The fraction of sp³-hybridized carbons (Fsp3) is 0.647. The number of nitrogens with one attached hydrogen (secondary N) is 1. The van der Waals surface area contributed by atoms with Gasteiger partial charge in [-0.2, -0.15) is 0 Å². The molecule has 0 aromatic heterocycles. The molecule has 1 atom stereocenters. The van der Waals surface area contributed by atoms with Crippen LogP contribution < -0.4 is 5.32 Å². The highest BCUT2D eigenvalue weighted by atomic mass is 35.5. The standard InChI is InChI=1S/C17H29ClN2/c1-4-8-17(15-9-11-16(18)12-10-15)19-13-7-14-20(5-2)6-3/h9-12,17,19H,4-8,13-14H2,1-3H3. The summed E-state index contributed by atoms with van der Waals surface area (Å²) in [5.74, 6) is 0. The summed E-state index contributed by atoms with van der Waals surface area (Å²) in [6, 6.07) is 8.70. The van der Waals surface area contributed by atoms with Gasteiger partial charge in [-0.15, -0.1) is 0 Å². The van der Waals surface area contributed by atoms with Crippen LogP contribution in [0.1, 0.15) is 51.6 Å². The van der Waals surface area contributed by atoms with E-state index in [-0.39, 0.29) is 0 Å². The summed E-state index contributed by atoms with van der Waals surface area (Å²) in [5, 5.41) is 4.50. The van der Waals surface area contributed by atoms with Crippen molar-refractivity contribution in [2.24, 2.45) is 0 Å². The molecule has 1 aromatic rings. The quantitative estimate of drug-likeness (QED) is 0.639. The largest absolute Gasteiger partial charge is 0.310 e. The third-order valence-electron chi connectivity index (χ3n) is 3.79. The van der Waals surface area contributed by atoms with Gasteiger partial charge in [0.05, 0.1) is 0 Å². The minimum atomic E-state index is 0.453. The van der Waals surface area contributed by atoms with Crippen molar-refractivity contribution in [1.29, 1.82) is 0 Å². The van der Waals surface area contributed by atoms with Crippen molar-refractivity contribution < 1.29 is 0 Å². The molecule has 0 radical (unpaired) electrons. The normalized spacial score (nSPS) is 12.8. The average molecular weight is 297 g/mol. The first-order chi connectivity index (χ1) is 9.71. The SMILES string of the molecule is CCCC(NCCCN(CC)CC)c1ccc(Cl)cc1. The molecule has 0 bridgehead atoms. The molecule has 114 valence electrons. The van der Waals surface area contributed by atoms with Crippen molar-refractivity contribution in [3.05, 3.63) is 34.9 Å². The summed E-state index contributed by atoms with van der Waals surface area (Å²) in [7, 11) is 0. The van der Waals surface area contributed by atoms with E-state index in [1.54, 1.807) is 0 Å². The molecule has 0 aliphatic rings. The van der Waals surface area contributed by atoms with Gasteiger partial charge in [-0.05, 0) is 56.7 Å². The summed E-state index contributed by atoms with van der Waals surface area (Å²) in [6.07, 6.45) is 3.57. The lowest BCUT2D eigenvalue weighted by Crippen LogP contribution is -2.28. The van der Waals surface area contributed by atoms with Crippen molar-refractivity contribution in [3.63, 3.8) is 0 Å². The fourth-order valence-corrected chi connectivity index (χ4v) is 2.62. The second-order valence-corrected chi connectivity index (χ2v) is 5.66. The molecule has 0 aliphatic heterocycles. The Labute approximate surface area is 129 Å². The minimum Gasteiger partial charge on any atom is -0.310 e. The van der Waals surface area contributed by atoms with E-state index in [1.807, 2.05) is 12.1 Å². The van der Waals surface area contributed by atoms with Gasteiger partial charge in [0.1, 0.15) is 0 Å². The van der Waals surface area contributed by atoms with Gasteiger partial charge in [0, 0.05) is 11.1 Å². The number of nitrogens with zero attached hydrogens (tertiary/aromatic N) is 1. The first-order valence-electron chi connectivity index (χ1n) is 7.92. The third kappa shape index (κ3) is 6.25. The number of hydrogen-bond acceptors (Lipinski definition) is 2. The number of halogens is 1. The van der Waals surface area contributed by atoms with Gasteiger partial charge < -0.3 is 10.2 Å². The van der Waals surface area contributed by atoms with Crippen molar-refractivity contribution in [2.75, 3.05) is 26.2 Å². The van der Waals surface area contributed by atoms with Gasteiger partial charge in [0.25, 0.3) is 0 Å². The lowest BCUT2D eigenvalue weighted by Gasteiger charge is -2.21. The van der Waals surface area contributed by atoms with E-state index in [9.17, 15) is 0 Å². The van der Waals surface area contributed by atoms with Gasteiger partial charge in [0.15, 0.2) is 0 Å². The van der Waals surface area contributed by atoms with E-state index in [0.717, 1.165) is 24.7 Å². The Balaban J connectivity index is 2.41. The molecule has 0 spiro atoms. The number of benzene rings is 1. The zero-order chi connectivity index (χ0) is 14.8. The Morgan fingerprint density at radius 1 is 1.10 bits per heavy atom. The smallest absolute Gasteiger partial charge is 0.0406 e. The maximum Gasteiger partial charge on any atom is 0.0406 e. The molecule has 0 saturated heterocycles. The summed E-state index contributed by atoms with van der Waals surface area (Å²) >= 11 is 5.96. The highest BCUT2D eigenvalue weighted by molar-refractivity contribution is 6.30. The second kappa shape index (κ2) is 10.2. The van der Waals surface area contributed by atoms with Gasteiger partial charge in [-0.1, -0.05) is 50.9 Å². The molecule has 2 nitrogen and oxygen atoms in total. The van der Waals surface area contributed by atoms with Crippen molar-refractivity contribution in [1.82, 2.24) is 10.2 Å². The van der Waals surface area contributed by atoms with E-state index >= 15 is 0 Å². The van der Waals surface area contributed by atoms with E-state index in [0.29, 0.717) is 6.04 Å². The van der Waals surface area contributed by atoms with Crippen molar-refractivity contribution >= 4 is 11.6 Å². The molecule has 20 heavy (non-hydrogen) atoms. The van der Waals surface area contributed by atoms with E-state index in [2.05, 4.69) is 43.1 Å². The topological polar surface area (TPSA) is 15.3 Å². The first kappa shape index (κ1) is 17.5. The molecule has 1 aromatic carbocycles. The fourth-order valence-electron chi connectivity index (χ4n) is 2.49. The summed E-state index contributed by atoms with van der Waals surface area (Å²) < 4.78 is 0. The summed E-state index contributed by atoms with van der Waals surface area (Å²) in [6.45, 7) is 11.2. The molecule has 1 rings (SSSR count). The van der Waals surface area contributed by atoms with Crippen LogP contribution in [0, 0.1) is 0 Å². The molecule has 1 unspecified atom stereocenters. The van der Waals surface area contributed by atoms with Crippen LogP contribution in [0.5, 0.6) is 0 Å². The molecule has 1 N–H and O–H groups in total. The monoisotopic (exact) mass is 296 g/mol. The predicted octanol–water partition coefficient (Wildman–Crippen LogP) is 4.50. The van der Waals surface area contributed by atoms with Crippen LogP contribution in [0.25, 0.3) is 0 Å². The molecule has 0 aliphatic carbocycles. The van der Waals surface area contributed by atoms with Gasteiger partial charge in [0.2, 0.25) is 0 Å². The van der Waals surface area contributed by atoms with Crippen LogP contribution in [0.3, 0.4) is 0 Å². The predicted molar refractivity (Wildman–Crippen MR) is 89.5 cm³/mol. The molecule has 0 amide bonds. The van der Waals surface area contributed by atoms with Crippen LogP contribution in [0.4, 0.5) is 0 Å². The first-order valence-corrected chi connectivity index (χ1v) is 8.30. The van der Waals surface area contributed by atoms with Crippen LogP contribution in [0.15, 0.2) is 24.3 Å². The number of hydrogen-bond donors (Lipinski definition) is 1. The highest BCUT2D eigenvalue weighted by Crippen LogP contribution is 2.20. The average Bonchev–Trinajstić information content (AvgIpc) is 2.47. The van der Waals surface area contributed by atoms with Crippen LogP contribution in [-0.2, 0) is 0 Å². The van der Waals surface area contributed by atoms with Crippen molar-refractivity contribution in [3.8, 4) is 0 Å². The zero-order valence-electron chi connectivity index (χ0n) is 13.2. The van der Waals surface area contributed by atoms with Gasteiger partial charge in [-0.25, -0.2) is 0 Å². The van der Waals surface area contributed by atoms with E-state index < -0.39 is 0 Å². The highest BCUT2D eigenvalue weighted by Gasteiger charge is 2.09. The molecule has 0 fully saturated rings. The maximum absolute atomic E-state index is 5.96. The Kier molecular flexibility index (Phi) is 8.92. The molecule has 3 heteroatoms. The zero-order valence-corrected chi connectivity index (χ0v) is 13.9. The molecular formula is C17H29ClN2. The summed E-state index contributed by atoms with van der Waals surface area (Å²) in [5.41, 5.74) is 1.35. The second-order valence-electron chi connectivity index (χ2n) is 5.23.